The molecule has 182 valence electrons. The van der Waals surface area contributed by atoms with Crippen LogP contribution in [0.25, 0.3) is 0 Å². The molecule has 30 heavy (non-hydrogen) atoms. The quantitative estimate of drug-likeness (QED) is 0.140. The van der Waals surface area contributed by atoms with Crippen LogP contribution in [-0.2, 0) is 0 Å². The number of rotatable bonds is 26. The summed E-state index contributed by atoms with van der Waals surface area (Å²) in [6.07, 6.45) is 28.3. The molecule has 0 aliphatic rings. The van der Waals surface area contributed by atoms with Gasteiger partial charge in [-0.3, -0.25) is 0 Å². The van der Waals surface area contributed by atoms with Gasteiger partial charge in [0.25, 0.3) is 0 Å². The zero-order chi connectivity index (χ0) is 22.0. The lowest BCUT2D eigenvalue weighted by Gasteiger charge is -2.22. The van der Waals surface area contributed by atoms with Crippen LogP contribution in [0.4, 0.5) is 0 Å². The molecule has 0 fully saturated rings. The Morgan fingerprint density at radius 1 is 0.367 bits per heavy atom. The van der Waals surface area contributed by atoms with Gasteiger partial charge in [-0.2, -0.15) is 0 Å². The second kappa shape index (κ2) is 27.0. The summed E-state index contributed by atoms with van der Waals surface area (Å²) in [4.78, 5) is 2.75. The predicted octanol–water partition coefficient (Wildman–Crippen LogP) is 8.74. The average molecular weight is 425 g/mol. The van der Waals surface area contributed by atoms with Crippen molar-refractivity contribution in [3.8, 4) is 0 Å². The maximum atomic E-state index is 3.72. The number of nitrogens with zero attached hydrogens (tertiary/aromatic N) is 1. The van der Waals surface area contributed by atoms with Crippen LogP contribution >= 0.6 is 0 Å². The summed E-state index contributed by atoms with van der Waals surface area (Å²) < 4.78 is 0. The Morgan fingerprint density at radius 2 is 0.733 bits per heavy atom. The van der Waals surface area contributed by atoms with E-state index < -0.39 is 0 Å². The SMILES string of the molecule is CCCCCCCCCNCCN(CCCCCCCC)CCCCCCCCC. The molecule has 2 heteroatoms. The predicted molar refractivity (Wildman–Crippen MR) is 139 cm³/mol. The van der Waals surface area contributed by atoms with E-state index in [9.17, 15) is 0 Å². The Morgan fingerprint density at radius 3 is 1.17 bits per heavy atom. The number of hydrogen-bond donors (Lipinski definition) is 1. The van der Waals surface area contributed by atoms with Gasteiger partial charge in [0, 0.05) is 13.1 Å². The molecular formula is C28H60N2. The molecule has 0 atom stereocenters. The zero-order valence-electron chi connectivity index (χ0n) is 21.6. The molecule has 0 rings (SSSR count). The van der Waals surface area contributed by atoms with Crippen molar-refractivity contribution in [2.75, 3.05) is 32.7 Å². The van der Waals surface area contributed by atoms with Gasteiger partial charge in [-0.25, -0.2) is 0 Å². The topological polar surface area (TPSA) is 15.3 Å². The monoisotopic (exact) mass is 424 g/mol. The summed E-state index contributed by atoms with van der Waals surface area (Å²) in [7, 11) is 0. The molecule has 0 saturated carbocycles. The van der Waals surface area contributed by atoms with Gasteiger partial charge in [-0.1, -0.05) is 130 Å². The molecule has 0 heterocycles. The molecule has 0 aliphatic carbocycles. The smallest absolute Gasteiger partial charge is 0.0107 e. The van der Waals surface area contributed by atoms with Gasteiger partial charge in [0.15, 0.2) is 0 Å². The first kappa shape index (κ1) is 29.9. The molecule has 0 aliphatic heterocycles. The van der Waals surface area contributed by atoms with Gasteiger partial charge in [0.05, 0.1) is 0 Å². The maximum absolute atomic E-state index is 3.72. The molecule has 0 radical (unpaired) electrons. The van der Waals surface area contributed by atoms with Crippen LogP contribution in [0.1, 0.15) is 149 Å². The first-order valence-corrected chi connectivity index (χ1v) is 14.3. The average Bonchev–Trinajstić information content (AvgIpc) is 2.76. The van der Waals surface area contributed by atoms with Gasteiger partial charge in [0.1, 0.15) is 0 Å². The number of unbranched alkanes of at least 4 members (excludes halogenated alkanes) is 17. The van der Waals surface area contributed by atoms with E-state index in [2.05, 4.69) is 31.0 Å². The Bertz CT molecular complexity index is 292. The molecule has 0 aromatic carbocycles. The minimum absolute atomic E-state index is 1.18. The van der Waals surface area contributed by atoms with Crippen molar-refractivity contribution in [3.63, 3.8) is 0 Å². The van der Waals surface area contributed by atoms with E-state index in [0.717, 1.165) is 0 Å². The van der Waals surface area contributed by atoms with Gasteiger partial charge < -0.3 is 10.2 Å². The fourth-order valence-electron chi connectivity index (χ4n) is 4.31. The van der Waals surface area contributed by atoms with Crippen molar-refractivity contribution in [2.45, 2.75) is 149 Å². The summed E-state index contributed by atoms with van der Waals surface area (Å²) >= 11 is 0. The van der Waals surface area contributed by atoms with Gasteiger partial charge >= 0.3 is 0 Å². The van der Waals surface area contributed by atoms with E-state index in [1.807, 2.05) is 0 Å². The van der Waals surface area contributed by atoms with Crippen molar-refractivity contribution >= 4 is 0 Å². The lowest BCUT2D eigenvalue weighted by molar-refractivity contribution is 0.259. The first-order valence-electron chi connectivity index (χ1n) is 14.3. The highest BCUT2D eigenvalue weighted by Crippen LogP contribution is 2.10. The summed E-state index contributed by atoms with van der Waals surface area (Å²) in [5.74, 6) is 0. The molecule has 1 N–H and O–H groups in total. The highest BCUT2D eigenvalue weighted by Gasteiger charge is 2.05. The highest BCUT2D eigenvalue weighted by atomic mass is 15.1. The van der Waals surface area contributed by atoms with Crippen molar-refractivity contribution in [3.05, 3.63) is 0 Å². The van der Waals surface area contributed by atoms with E-state index in [1.54, 1.807) is 0 Å². The van der Waals surface area contributed by atoms with E-state index in [4.69, 9.17) is 0 Å². The number of nitrogens with one attached hydrogen (secondary N) is 1. The molecule has 0 saturated heterocycles. The Hall–Kier alpha value is -0.0800. The van der Waals surface area contributed by atoms with E-state index in [0.29, 0.717) is 0 Å². The minimum Gasteiger partial charge on any atom is -0.315 e. The summed E-state index contributed by atoms with van der Waals surface area (Å²) in [5.41, 5.74) is 0. The first-order chi connectivity index (χ1) is 14.8. The van der Waals surface area contributed by atoms with Gasteiger partial charge in [-0.15, -0.1) is 0 Å². The largest absolute Gasteiger partial charge is 0.315 e. The molecule has 0 unspecified atom stereocenters. The van der Waals surface area contributed by atoms with Crippen molar-refractivity contribution in [2.24, 2.45) is 0 Å². The van der Waals surface area contributed by atoms with E-state index in [-0.39, 0.29) is 0 Å². The zero-order valence-corrected chi connectivity index (χ0v) is 21.6. The fraction of sp³-hybridized carbons (Fsp3) is 1.00. The summed E-state index contributed by atoms with van der Waals surface area (Å²) in [6, 6.07) is 0. The lowest BCUT2D eigenvalue weighted by Crippen LogP contribution is -2.34. The molecule has 0 bridgehead atoms. The second-order valence-electron chi connectivity index (χ2n) is 9.60. The minimum atomic E-state index is 1.18. The summed E-state index contributed by atoms with van der Waals surface area (Å²) in [5, 5.41) is 3.72. The molecule has 0 aromatic heterocycles. The molecule has 2 nitrogen and oxygen atoms in total. The Kier molecular flexibility index (Phi) is 26.9. The third-order valence-electron chi connectivity index (χ3n) is 6.47. The third-order valence-corrected chi connectivity index (χ3v) is 6.47. The van der Waals surface area contributed by atoms with Crippen LogP contribution in [-0.4, -0.2) is 37.6 Å². The Balaban J connectivity index is 3.77. The van der Waals surface area contributed by atoms with E-state index in [1.165, 1.54) is 161 Å². The van der Waals surface area contributed by atoms with Crippen LogP contribution < -0.4 is 5.32 Å². The van der Waals surface area contributed by atoms with E-state index >= 15 is 0 Å². The van der Waals surface area contributed by atoms with Crippen molar-refractivity contribution < 1.29 is 0 Å². The Labute approximate surface area is 192 Å². The van der Waals surface area contributed by atoms with Crippen molar-refractivity contribution in [1.29, 1.82) is 0 Å². The number of hydrogen-bond acceptors (Lipinski definition) is 2. The second-order valence-corrected chi connectivity index (χ2v) is 9.60. The highest BCUT2D eigenvalue weighted by molar-refractivity contribution is 4.62. The maximum Gasteiger partial charge on any atom is 0.0107 e. The lowest BCUT2D eigenvalue weighted by atomic mass is 10.1. The summed E-state index contributed by atoms with van der Waals surface area (Å²) in [6.45, 7) is 13.2. The van der Waals surface area contributed by atoms with Crippen LogP contribution in [0, 0.1) is 0 Å². The normalized spacial score (nSPS) is 11.6. The fourth-order valence-corrected chi connectivity index (χ4v) is 4.31. The van der Waals surface area contributed by atoms with Crippen LogP contribution in [0.15, 0.2) is 0 Å². The molecule has 0 spiro atoms. The van der Waals surface area contributed by atoms with Crippen LogP contribution in [0.2, 0.25) is 0 Å². The van der Waals surface area contributed by atoms with Crippen molar-refractivity contribution in [1.82, 2.24) is 10.2 Å². The standard InChI is InChI=1S/C28H60N2/c1-4-7-10-13-16-18-21-24-29-25-28-30(26-22-19-15-12-9-6-3)27-23-20-17-14-11-8-5-2/h29H,4-28H2,1-3H3. The van der Waals surface area contributed by atoms with Crippen LogP contribution in [0.5, 0.6) is 0 Å². The van der Waals surface area contributed by atoms with Crippen LogP contribution in [0.3, 0.4) is 0 Å². The third kappa shape index (κ3) is 24.2. The molecule has 0 amide bonds. The molecule has 0 aromatic rings. The molecular weight excluding hydrogens is 364 g/mol. The van der Waals surface area contributed by atoms with Gasteiger partial charge in [-0.05, 0) is 38.9 Å². The van der Waals surface area contributed by atoms with Gasteiger partial charge in [0.2, 0.25) is 0 Å².